The number of hydrogen-bond donors (Lipinski definition) is 3. The number of benzene rings is 2. The topological polar surface area (TPSA) is 143 Å². The van der Waals surface area contributed by atoms with Gasteiger partial charge in [-0.15, -0.1) is 0 Å². The van der Waals surface area contributed by atoms with Crippen LogP contribution in [0.3, 0.4) is 0 Å². The highest BCUT2D eigenvalue weighted by Gasteiger charge is 2.36. The lowest BCUT2D eigenvalue weighted by atomic mass is 9.84. The molecule has 10 nitrogen and oxygen atoms in total. The lowest BCUT2D eigenvalue weighted by Crippen LogP contribution is -2.48. The fourth-order valence-corrected chi connectivity index (χ4v) is 3.11. The Hall–Kier alpha value is -3.37. The summed E-state index contributed by atoms with van der Waals surface area (Å²) < 4.78 is 0. The summed E-state index contributed by atoms with van der Waals surface area (Å²) in [5.74, 6) is 0. The minimum atomic E-state index is -1.20. The molecule has 28 heavy (non-hydrogen) atoms. The van der Waals surface area contributed by atoms with Gasteiger partial charge in [-0.3, -0.25) is 25.7 Å². The van der Waals surface area contributed by atoms with Crippen LogP contribution in [0.15, 0.2) is 53.6 Å². The zero-order valence-electron chi connectivity index (χ0n) is 14.9. The van der Waals surface area contributed by atoms with Crippen LogP contribution in [0.5, 0.6) is 0 Å². The lowest BCUT2D eigenvalue weighted by Gasteiger charge is -2.33. The molecule has 146 valence electrons. The first-order valence-corrected chi connectivity index (χ1v) is 8.66. The number of nitrogens with one attached hydrogen (secondary N) is 2. The molecule has 0 bridgehead atoms. The molecule has 0 saturated carbocycles. The van der Waals surface area contributed by atoms with Crippen molar-refractivity contribution in [3.8, 4) is 0 Å². The monoisotopic (exact) mass is 385 g/mol. The molecule has 2 aromatic rings. The van der Waals surface area contributed by atoms with E-state index in [0.29, 0.717) is 37.2 Å². The number of non-ortho nitro benzene ring substituents is 1. The third kappa shape index (κ3) is 4.13. The Balaban J connectivity index is 2.00. The quantitative estimate of drug-likeness (QED) is 0.393. The molecule has 0 amide bonds. The van der Waals surface area contributed by atoms with E-state index >= 15 is 0 Å². The molecule has 1 fully saturated rings. The molecular weight excluding hydrogens is 366 g/mol. The van der Waals surface area contributed by atoms with E-state index in [0.717, 1.165) is 12.1 Å². The van der Waals surface area contributed by atoms with E-state index in [1.165, 1.54) is 6.07 Å². The van der Waals surface area contributed by atoms with Crippen molar-refractivity contribution in [1.29, 1.82) is 0 Å². The molecular formula is C18H19N5O5. The van der Waals surface area contributed by atoms with Crippen LogP contribution in [-0.4, -0.2) is 39.4 Å². The van der Waals surface area contributed by atoms with Gasteiger partial charge in [-0.25, -0.2) is 0 Å². The van der Waals surface area contributed by atoms with Gasteiger partial charge in [0.25, 0.3) is 5.69 Å². The zero-order chi connectivity index (χ0) is 20.1. The fourth-order valence-electron chi connectivity index (χ4n) is 3.11. The summed E-state index contributed by atoms with van der Waals surface area (Å²) in [6, 6.07) is 12.3. The molecule has 1 saturated heterocycles. The van der Waals surface area contributed by atoms with Gasteiger partial charge in [-0.1, -0.05) is 30.3 Å². The Labute approximate surface area is 160 Å². The molecule has 2 aromatic carbocycles. The van der Waals surface area contributed by atoms with Crippen LogP contribution in [0.2, 0.25) is 0 Å². The second-order valence-corrected chi connectivity index (χ2v) is 6.44. The van der Waals surface area contributed by atoms with Gasteiger partial charge in [0.1, 0.15) is 11.3 Å². The number of hydrazone groups is 1. The molecule has 1 aliphatic heterocycles. The van der Waals surface area contributed by atoms with E-state index in [1.54, 1.807) is 12.1 Å². The van der Waals surface area contributed by atoms with Crippen LogP contribution in [-0.2, 0) is 0 Å². The standard InChI is InChI=1S/C18H19N5O5/c24-18(8-10-19-11-9-18)17(13-4-2-1-3-5-13)21-20-15-7-6-14(22(25)26)12-16(15)23(27)28/h1-7,12,19-20,24H,8-11H2/b21-17-. The summed E-state index contributed by atoms with van der Waals surface area (Å²) in [4.78, 5) is 20.8. The molecule has 1 heterocycles. The van der Waals surface area contributed by atoms with E-state index < -0.39 is 21.1 Å². The van der Waals surface area contributed by atoms with Gasteiger partial charge in [0.15, 0.2) is 0 Å². The number of aliphatic hydroxyl groups is 1. The SMILES string of the molecule is O=[N+]([O-])c1ccc(N/N=C(/c2ccccc2)C2(O)CCNCC2)c([N+](=O)[O-])c1. The van der Waals surface area contributed by atoms with Gasteiger partial charge >= 0.3 is 5.69 Å². The van der Waals surface area contributed by atoms with Crippen molar-refractivity contribution in [2.24, 2.45) is 5.10 Å². The zero-order valence-corrected chi connectivity index (χ0v) is 14.9. The molecule has 0 radical (unpaired) electrons. The van der Waals surface area contributed by atoms with Gasteiger partial charge in [-0.2, -0.15) is 5.10 Å². The van der Waals surface area contributed by atoms with Gasteiger partial charge in [0.2, 0.25) is 0 Å². The molecule has 0 aromatic heterocycles. The fraction of sp³-hybridized carbons (Fsp3) is 0.278. The Morgan fingerprint density at radius 3 is 2.36 bits per heavy atom. The maximum atomic E-state index is 11.3. The molecule has 0 unspecified atom stereocenters. The third-order valence-corrected chi connectivity index (χ3v) is 4.60. The van der Waals surface area contributed by atoms with E-state index in [9.17, 15) is 25.3 Å². The highest BCUT2D eigenvalue weighted by atomic mass is 16.6. The summed E-state index contributed by atoms with van der Waals surface area (Å²) >= 11 is 0. The van der Waals surface area contributed by atoms with Crippen molar-refractivity contribution < 1.29 is 15.0 Å². The largest absolute Gasteiger partial charge is 0.383 e. The van der Waals surface area contributed by atoms with E-state index in [4.69, 9.17) is 0 Å². The summed E-state index contributed by atoms with van der Waals surface area (Å²) in [5, 5.41) is 40.8. The second-order valence-electron chi connectivity index (χ2n) is 6.44. The molecule has 0 atom stereocenters. The van der Waals surface area contributed by atoms with E-state index in [1.807, 2.05) is 18.2 Å². The maximum absolute atomic E-state index is 11.3. The number of nitro benzene ring substituents is 2. The van der Waals surface area contributed by atoms with Crippen LogP contribution in [0, 0.1) is 20.2 Å². The Morgan fingerprint density at radius 1 is 1.07 bits per heavy atom. The van der Waals surface area contributed by atoms with E-state index in [2.05, 4.69) is 15.8 Å². The summed E-state index contributed by atoms with van der Waals surface area (Å²) in [7, 11) is 0. The highest BCUT2D eigenvalue weighted by Crippen LogP contribution is 2.30. The summed E-state index contributed by atoms with van der Waals surface area (Å²) in [6.45, 7) is 1.22. The second kappa shape index (κ2) is 8.11. The summed E-state index contributed by atoms with van der Waals surface area (Å²) in [5.41, 5.74) is 1.62. The van der Waals surface area contributed by atoms with Gasteiger partial charge in [0.05, 0.1) is 21.6 Å². The first kappa shape index (κ1) is 19.4. The first-order valence-electron chi connectivity index (χ1n) is 8.66. The van der Waals surface area contributed by atoms with Crippen molar-refractivity contribution in [3.63, 3.8) is 0 Å². The van der Waals surface area contributed by atoms with Crippen LogP contribution < -0.4 is 10.7 Å². The third-order valence-electron chi connectivity index (χ3n) is 4.60. The smallest absolute Gasteiger partial charge is 0.301 e. The Bertz CT molecular complexity index is 910. The number of nitrogens with zero attached hydrogens (tertiary/aromatic N) is 3. The highest BCUT2D eigenvalue weighted by molar-refractivity contribution is 6.07. The van der Waals surface area contributed by atoms with Gasteiger partial charge in [0, 0.05) is 11.6 Å². The van der Waals surface area contributed by atoms with E-state index in [-0.39, 0.29) is 11.4 Å². The summed E-state index contributed by atoms with van der Waals surface area (Å²) in [6.07, 6.45) is 0.871. The van der Waals surface area contributed by atoms with Crippen molar-refractivity contribution in [3.05, 3.63) is 74.3 Å². The normalized spacial score (nSPS) is 16.4. The number of rotatable bonds is 6. The molecule has 3 rings (SSSR count). The van der Waals surface area contributed by atoms with Crippen LogP contribution in [0.1, 0.15) is 18.4 Å². The van der Waals surface area contributed by atoms with Gasteiger partial charge in [-0.05, 0) is 32.0 Å². The number of hydrogen-bond acceptors (Lipinski definition) is 8. The predicted molar refractivity (Wildman–Crippen MR) is 103 cm³/mol. The number of nitro groups is 2. The van der Waals surface area contributed by atoms with Gasteiger partial charge < -0.3 is 10.4 Å². The predicted octanol–water partition coefficient (Wildman–Crippen LogP) is 2.43. The van der Waals surface area contributed by atoms with Crippen molar-refractivity contribution in [1.82, 2.24) is 5.32 Å². The van der Waals surface area contributed by atoms with Crippen molar-refractivity contribution in [2.45, 2.75) is 18.4 Å². The minimum absolute atomic E-state index is 0.00145. The Morgan fingerprint density at radius 2 is 1.75 bits per heavy atom. The lowest BCUT2D eigenvalue weighted by molar-refractivity contribution is -0.393. The molecule has 3 N–H and O–H groups in total. The maximum Gasteiger partial charge on any atom is 0.301 e. The van der Waals surface area contributed by atoms with Crippen LogP contribution in [0.4, 0.5) is 17.1 Å². The average molecular weight is 385 g/mol. The number of anilines is 1. The molecule has 0 aliphatic carbocycles. The average Bonchev–Trinajstić information content (AvgIpc) is 2.69. The van der Waals surface area contributed by atoms with Crippen molar-refractivity contribution >= 4 is 22.8 Å². The molecule has 0 spiro atoms. The first-order chi connectivity index (χ1) is 13.4. The Kier molecular flexibility index (Phi) is 5.62. The van der Waals surface area contributed by atoms with Crippen molar-refractivity contribution in [2.75, 3.05) is 18.5 Å². The molecule has 1 aliphatic rings. The minimum Gasteiger partial charge on any atom is -0.383 e. The molecule has 10 heteroatoms. The van der Waals surface area contributed by atoms with Crippen LogP contribution in [0.25, 0.3) is 0 Å². The number of piperidine rings is 1. The van der Waals surface area contributed by atoms with Crippen LogP contribution >= 0.6 is 0 Å².